The van der Waals surface area contributed by atoms with Crippen molar-refractivity contribution in [2.45, 2.75) is 6.92 Å². The summed E-state index contributed by atoms with van der Waals surface area (Å²) in [6.45, 7) is 1.82. The summed E-state index contributed by atoms with van der Waals surface area (Å²) in [5, 5.41) is 7.47. The molecule has 3 N–H and O–H groups in total. The molecule has 0 unspecified atom stereocenters. The van der Waals surface area contributed by atoms with Gasteiger partial charge in [-0.3, -0.25) is 0 Å². The van der Waals surface area contributed by atoms with Crippen molar-refractivity contribution in [1.29, 1.82) is 0 Å². The zero-order chi connectivity index (χ0) is 21.3. The van der Waals surface area contributed by atoms with E-state index in [4.69, 9.17) is 4.74 Å². The Morgan fingerprint density at radius 1 is 1.03 bits per heavy atom. The third-order valence-electron chi connectivity index (χ3n) is 3.74. The van der Waals surface area contributed by atoms with E-state index in [-0.39, 0.29) is 6.61 Å². The van der Waals surface area contributed by atoms with Crippen molar-refractivity contribution in [3.63, 3.8) is 0 Å². The fourth-order valence-corrected chi connectivity index (χ4v) is 2.44. The van der Waals surface area contributed by atoms with E-state index < -0.39 is 12.1 Å². The highest BCUT2D eigenvalue weighted by atomic mass is 16.5. The molecule has 0 fully saturated rings. The number of carbonyl (C=O) groups is 2. The van der Waals surface area contributed by atoms with E-state index in [0.717, 1.165) is 0 Å². The normalized spacial score (nSPS) is 10.1. The van der Waals surface area contributed by atoms with E-state index in [1.807, 2.05) is 11.4 Å². The maximum absolute atomic E-state index is 11.7. The predicted molar refractivity (Wildman–Crippen MR) is 111 cm³/mol. The summed E-state index contributed by atoms with van der Waals surface area (Å²) < 4.78 is 10.5. The van der Waals surface area contributed by atoms with Crippen LogP contribution in [0.3, 0.4) is 0 Å². The van der Waals surface area contributed by atoms with Crippen LogP contribution in [0.1, 0.15) is 6.92 Å². The molecule has 154 valence electrons. The van der Waals surface area contributed by atoms with E-state index in [1.54, 1.807) is 62.8 Å². The Bertz CT molecular complexity index is 1030. The molecule has 3 rings (SSSR count). The number of anilines is 2. The second kappa shape index (κ2) is 9.82. The highest BCUT2D eigenvalue weighted by Gasteiger charge is 2.12. The molecular formula is C20H20N6O4. The average molecular weight is 408 g/mol. The number of ether oxygens (including phenoxy) is 2. The molecule has 0 aliphatic carbocycles. The number of benzene rings is 1. The van der Waals surface area contributed by atoms with Gasteiger partial charge in [0.05, 0.1) is 17.9 Å². The van der Waals surface area contributed by atoms with Crippen molar-refractivity contribution in [2.75, 3.05) is 24.3 Å². The molecule has 10 nitrogen and oxygen atoms in total. The molecule has 10 heteroatoms. The standard InChI is InChI=1S/C20H20N6O4/c1-3-29-20(28)26-19(27)24-13-6-8-14(9-7-13)30-17-15(5-4-11-22-17)16-10-12-23-18(21-2)25-16/h4-12H,3H2,1-2H3,(H,21,23,25)(H2,24,26,27,28). The van der Waals surface area contributed by atoms with Crippen LogP contribution in [0.4, 0.5) is 21.2 Å². The van der Waals surface area contributed by atoms with Crippen LogP contribution in [0.5, 0.6) is 11.6 Å². The van der Waals surface area contributed by atoms with E-state index in [9.17, 15) is 9.59 Å². The molecule has 0 spiro atoms. The Hall–Kier alpha value is -4.21. The predicted octanol–water partition coefficient (Wildman–Crippen LogP) is 3.65. The second-order valence-corrected chi connectivity index (χ2v) is 5.80. The molecular weight excluding hydrogens is 388 g/mol. The third-order valence-corrected chi connectivity index (χ3v) is 3.74. The largest absolute Gasteiger partial charge is 0.450 e. The zero-order valence-electron chi connectivity index (χ0n) is 16.4. The molecule has 0 saturated heterocycles. The summed E-state index contributed by atoms with van der Waals surface area (Å²) in [7, 11) is 1.74. The molecule has 2 heterocycles. The van der Waals surface area contributed by atoms with Gasteiger partial charge in [-0.2, -0.15) is 0 Å². The Kier molecular flexibility index (Phi) is 6.72. The topological polar surface area (TPSA) is 127 Å². The Morgan fingerprint density at radius 2 is 1.83 bits per heavy atom. The number of alkyl carbamates (subject to hydrolysis) is 1. The number of pyridine rings is 1. The summed E-state index contributed by atoms with van der Waals surface area (Å²) in [6.07, 6.45) is 2.45. The minimum Gasteiger partial charge on any atom is -0.450 e. The zero-order valence-corrected chi connectivity index (χ0v) is 16.4. The number of nitrogens with one attached hydrogen (secondary N) is 3. The van der Waals surface area contributed by atoms with Gasteiger partial charge in [-0.1, -0.05) is 0 Å². The molecule has 0 atom stereocenters. The lowest BCUT2D eigenvalue weighted by Crippen LogP contribution is -2.34. The third kappa shape index (κ3) is 5.41. The minimum atomic E-state index is -0.816. The maximum Gasteiger partial charge on any atom is 0.415 e. The Morgan fingerprint density at radius 3 is 2.57 bits per heavy atom. The first-order valence-corrected chi connectivity index (χ1v) is 9.08. The van der Waals surface area contributed by atoms with Gasteiger partial charge in [0.2, 0.25) is 11.8 Å². The lowest BCUT2D eigenvalue weighted by Gasteiger charge is -2.11. The number of nitrogens with zero attached hydrogens (tertiary/aromatic N) is 3. The van der Waals surface area contributed by atoms with Crippen molar-refractivity contribution in [3.8, 4) is 22.9 Å². The molecule has 0 aliphatic heterocycles. The minimum absolute atomic E-state index is 0.173. The number of amides is 3. The first kappa shape index (κ1) is 20.5. The Balaban J connectivity index is 1.70. The number of imide groups is 1. The molecule has 1 aromatic carbocycles. The van der Waals surface area contributed by atoms with Gasteiger partial charge in [0.1, 0.15) is 5.75 Å². The summed E-state index contributed by atoms with van der Waals surface area (Å²) in [5.74, 6) is 1.37. The van der Waals surface area contributed by atoms with Gasteiger partial charge in [0.15, 0.2) is 0 Å². The number of urea groups is 1. The van der Waals surface area contributed by atoms with Crippen LogP contribution >= 0.6 is 0 Å². The van der Waals surface area contributed by atoms with Crippen LogP contribution in [0, 0.1) is 0 Å². The quantitative estimate of drug-likeness (QED) is 0.564. The van der Waals surface area contributed by atoms with Crippen molar-refractivity contribution in [1.82, 2.24) is 20.3 Å². The van der Waals surface area contributed by atoms with E-state index in [1.165, 1.54) is 0 Å². The second-order valence-electron chi connectivity index (χ2n) is 5.80. The summed E-state index contributed by atoms with van der Waals surface area (Å²) in [6, 6.07) is 11.3. The average Bonchev–Trinajstić information content (AvgIpc) is 2.75. The number of carbonyl (C=O) groups excluding carboxylic acids is 2. The number of hydrogen-bond acceptors (Lipinski definition) is 8. The molecule has 2 aromatic heterocycles. The smallest absolute Gasteiger partial charge is 0.415 e. The SMILES string of the molecule is CCOC(=O)NC(=O)Nc1ccc(Oc2ncccc2-c2ccnc(NC)n2)cc1. The number of hydrogen-bond donors (Lipinski definition) is 3. The van der Waals surface area contributed by atoms with Crippen LogP contribution in [0.2, 0.25) is 0 Å². The lowest BCUT2D eigenvalue weighted by atomic mass is 10.2. The monoisotopic (exact) mass is 408 g/mol. The molecule has 3 aromatic rings. The van der Waals surface area contributed by atoms with E-state index in [2.05, 4.69) is 30.3 Å². The number of rotatable bonds is 6. The first-order chi connectivity index (χ1) is 14.6. The van der Waals surface area contributed by atoms with Crippen LogP contribution in [0.15, 0.2) is 54.9 Å². The van der Waals surface area contributed by atoms with Crippen molar-refractivity contribution < 1.29 is 19.1 Å². The Labute approximate surface area is 172 Å². The highest BCUT2D eigenvalue weighted by molar-refractivity contribution is 5.98. The summed E-state index contributed by atoms with van der Waals surface area (Å²) in [5.41, 5.74) is 1.83. The molecule has 3 amide bonds. The van der Waals surface area contributed by atoms with Gasteiger partial charge in [-0.15, -0.1) is 0 Å². The van der Waals surface area contributed by atoms with Crippen LogP contribution in [-0.4, -0.2) is 40.7 Å². The van der Waals surface area contributed by atoms with Crippen molar-refractivity contribution in [2.24, 2.45) is 0 Å². The molecule has 30 heavy (non-hydrogen) atoms. The fourth-order valence-electron chi connectivity index (χ4n) is 2.44. The van der Waals surface area contributed by atoms with Crippen LogP contribution in [0.25, 0.3) is 11.3 Å². The molecule has 0 bridgehead atoms. The lowest BCUT2D eigenvalue weighted by molar-refractivity contribution is 0.154. The first-order valence-electron chi connectivity index (χ1n) is 9.08. The van der Waals surface area contributed by atoms with Gasteiger partial charge in [-0.05, 0) is 49.4 Å². The fraction of sp³-hybridized carbons (Fsp3) is 0.150. The van der Waals surface area contributed by atoms with Gasteiger partial charge >= 0.3 is 12.1 Å². The summed E-state index contributed by atoms with van der Waals surface area (Å²) >= 11 is 0. The number of aromatic nitrogens is 3. The van der Waals surface area contributed by atoms with E-state index >= 15 is 0 Å². The highest BCUT2D eigenvalue weighted by Crippen LogP contribution is 2.30. The van der Waals surface area contributed by atoms with Crippen LogP contribution in [-0.2, 0) is 4.74 Å². The van der Waals surface area contributed by atoms with Gasteiger partial charge in [-0.25, -0.2) is 29.9 Å². The molecule has 0 radical (unpaired) electrons. The van der Waals surface area contributed by atoms with Gasteiger partial charge in [0.25, 0.3) is 0 Å². The van der Waals surface area contributed by atoms with E-state index in [0.29, 0.717) is 34.5 Å². The summed E-state index contributed by atoms with van der Waals surface area (Å²) in [4.78, 5) is 35.8. The maximum atomic E-state index is 11.7. The van der Waals surface area contributed by atoms with Crippen LogP contribution < -0.4 is 20.7 Å². The molecule has 0 saturated carbocycles. The van der Waals surface area contributed by atoms with Crippen molar-refractivity contribution >= 4 is 23.8 Å². The van der Waals surface area contributed by atoms with Gasteiger partial charge in [0, 0.05) is 25.1 Å². The van der Waals surface area contributed by atoms with Crippen molar-refractivity contribution in [3.05, 3.63) is 54.9 Å². The molecule has 0 aliphatic rings. The van der Waals surface area contributed by atoms with Gasteiger partial charge < -0.3 is 20.1 Å².